The molecule has 1 aliphatic rings. The third kappa shape index (κ3) is 3.41. The average molecular weight is 149 g/mol. The summed E-state index contributed by atoms with van der Waals surface area (Å²) >= 11 is 0. The van der Waals surface area contributed by atoms with E-state index in [0.29, 0.717) is 0 Å². The molecule has 0 amide bonds. The lowest BCUT2D eigenvalue weighted by Gasteiger charge is -1.95. The lowest BCUT2D eigenvalue weighted by Crippen LogP contribution is -1.76. The molecule has 0 saturated heterocycles. The molecule has 0 spiro atoms. The van der Waals surface area contributed by atoms with Crippen LogP contribution < -0.4 is 0 Å². The predicted molar refractivity (Wildman–Crippen MR) is 49.3 cm³/mol. The molecule has 0 aromatic rings. The highest BCUT2D eigenvalue weighted by molar-refractivity contribution is 5.15. The lowest BCUT2D eigenvalue weighted by molar-refractivity contribution is 0.711. The van der Waals surface area contributed by atoms with Crippen LogP contribution in [0.15, 0.2) is 17.7 Å². The second-order valence-electron chi connectivity index (χ2n) is 3.07. The van der Waals surface area contributed by atoms with Gasteiger partial charge in [-0.3, -0.25) is 0 Å². The topological polar surface area (TPSA) is 0 Å². The maximum Gasteiger partial charge on any atom is -0.0273 e. The highest BCUT2D eigenvalue weighted by atomic mass is 14.0. The van der Waals surface area contributed by atoms with Gasteiger partial charge in [-0.1, -0.05) is 25.5 Å². The summed E-state index contributed by atoms with van der Waals surface area (Å²) in [4.78, 5) is 0. The van der Waals surface area contributed by atoms with Gasteiger partial charge in [0.2, 0.25) is 0 Å². The Hall–Kier alpha value is -0.520. The third-order valence-electron chi connectivity index (χ3n) is 2.03. The number of allylic oxidation sites excluding steroid dienone is 4. The Morgan fingerprint density at radius 3 is 3.09 bits per heavy atom. The number of hydrogen-bond donors (Lipinski definition) is 0. The van der Waals surface area contributed by atoms with Gasteiger partial charge in [0, 0.05) is 0 Å². The summed E-state index contributed by atoms with van der Waals surface area (Å²) in [7, 11) is 0. The van der Waals surface area contributed by atoms with Gasteiger partial charge in [0.05, 0.1) is 0 Å². The molecule has 1 radical (unpaired) electrons. The summed E-state index contributed by atoms with van der Waals surface area (Å²) in [5.41, 5.74) is 1.43. The van der Waals surface area contributed by atoms with Crippen molar-refractivity contribution in [3.05, 3.63) is 23.8 Å². The summed E-state index contributed by atoms with van der Waals surface area (Å²) in [6.07, 6.45) is 15.6. The van der Waals surface area contributed by atoms with Crippen LogP contribution in [0.5, 0.6) is 0 Å². The molecule has 1 rings (SSSR count). The van der Waals surface area contributed by atoms with Crippen LogP contribution in [0.1, 0.15) is 45.4 Å². The minimum Gasteiger partial charge on any atom is -0.0845 e. The highest BCUT2D eigenvalue weighted by Crippen LogP contribution is 2.17. The molecule has 0 saturated carbocycles. The molecule has 0 aliphatic heterocycles. The summed E-state index contributed by atoms with van der Waals surface area (Å²) in [5.74, 6) is 0. The van der Waals surface area contributed by atoms with E-state index in [-0.39, 0.29) is 0 Å². The summed E-state index contributed by atoms with van der Waals surface area (Å²) in [5, 5.41) is 0. The van der Waals surface area contributed by atoms with Gasteiger partial charge >= 0.3 is 0 Å². The van der Waals surface area contributed by atoms with E-state index in [2.05, 4.69) is 25.2 Å². The van der Waals surface area contributed by atoms with Crippen LogP contribution in [-0.4, -0.2) is 0 Å². The van der Waals surface area contributed by atoms with Crippen molar-refractivity contribution in [3.8, 4) is 0 Å². The first kappa shape index (κ1) is 8.58. The lowest BCUT2D eigenvalue weighted by atomic mass is 10.1. The van der Waals surface area contributed by atoms with Crippen molar-refractivity contribution in [1.29, 1.82) is 0 Å². The molecule has 0 nitrogen and oxygen atoms in total. The van der Waals surface area contributed by atoms with Crippen molar-refractivity contribution >= 4 is 0 Å². The molecule has 0 fully saturated rings. The van der Waals surface area contributed by atoms with E-state index in [4.69, 9.17) is 0 Å². The first-order valence-corrected chi connectivity index (χ1v) is 4.69. The maximum absolute atomic E-state index is 3.45. The van der Waals surface area contributed by atoms with Gasteiger partial charge in [0.1, 0.15) is 0 Å². The second kappa shape index (κ2) is 5.17. The number of hydrogen-bond acceptors (Lipinski definition) is 0. The van der Waals surface area contributed by atoms with Crippen LogP contribution in [-0.2, 0) is 0 Å². The van der Waals surface area contributed by atoms with E-state index in [0.717, 1.165) is 6.42 Å². The first-order chi connectivity index (χ1) is 5.43. The zero-order valence-electron chi connectivity index (χ0n) is 7.40. The molecule has 0 heteroatoms. The first-order valence-electron chi connectivity index (χ1n) is 4.69. The maximum atomic E-state index is 3.45. The zero-order chi connectivity index (χ0) is 7.94. The van der Waals surface area contributed by atoms with E-state index in [1.807, 2.05) is 0 Å². The Labute approximate surface area is 70.0 Å². The standard InChI is InChI=1S/C11H17/c1-2-3-8-11-9-6-4-5-7-10-11/h3,8H,2,4-7,9H2,1H3. The molecule has 0 bridgehead atoms. The van der Waals surface area contributed by atoms with Crippen LogP contribution in [0, 0.1) is 6.08 Å². The van der Waals surface area contributed by atoms with Crippen molar-refractivity contribution in [2.45, 2.75) is 45.4 Å². The molecule has 0 unspecified atom stereocenters. The average Bonchev–Trinajstić information content (AvgIpc) is 2.28. The van der Waals surface area contributed by atoms with Gasteiger partial charge in [0.15, 0.2) is 0 Å². The molecule has 0 N–H and O–H groups in total. The quantitative estimate of drug-likeness (QED) is 0.562. The monoisotopic (exact) mass is 149 g/mol. The minimum absolute atomic E-state index is 1.14. The van der Waals surface area contributed by atoms with E-state index in [9.17, 15) is 0 Å². The Kier molecular flexibility index (Phi) is 4.03. The van der Waals surface area contributed by atoms with E-state index >= 15 is 0 Å². The molecule has 0 aromatic carbocycles. The zero-order valence-corrected chi connectivity index (χ0v) is 7.40. The van der Waals surface area contributed by atoms with Crippen molar-refractivity contribution in [2.24, 2.45) is 0 Å². The van der Waals surface area contributed by atoms with Crippen LogP contribution in [0.4, 0.5) is 0 Å². The van der Waals surface area contributed by atoms with Crippen LogP contribution in [0.3, 0.4) is 0 Å². The Morgan fingerprint density at radius 2 is 2.27 bits per heavy atom. The van der Waals surface area contributed by atoms with Crippen molar-refractivity contribution in [2.75, 3.05) is 0 Å². The molecule has 1 aliphatic carbocycles. The minimum atomic E-state index is 1.14. The fourth-order valence-corrected chi connectivity index (χ4v) is 1.36. The Bertz CT molecular complexity index is 151. The molecule has 0 atom stereocenters. The molecular weight excluding hydrogens is 132 g/mol. The molecular formula is C11H17. The van der Waals surface area contributed by atoms with Gasteiger partial charge < -0.3 is 0 Å². The van der Waals surface area contributed by atoms with Gasteiger partial charge in [-0.15, -0.1) is 0 Å². The van der Waals surface area contributed by atoms with Crippen molar-refractivity contribution in [1.82, 2.24) is 0 Å². The van der Waals surface area contributed by atoms with E-state index in [1.54, 1.807) is 0 Å². The van der Waals surface area contributed by atoms with Gasteiger partial charge in [-0.2, -0.15) is 0 Å². The van der Waals surface area contributed by atoms with Gasteiger partial charge in [-0.25, -0.2) is 0 Å². The van der Waals surface area contributed by atoms with Gasteiger partial charge in [-0.05, 0) is 43.8 Å². The fraction of sp³-hybridized carbons (Fsp3) is 0.636. The highest BCUT2D eigenvalue weighted by Gasteiger charge is 1.98. The van der Waals surface area contributed by atoms with Gasteiger partial charge in [0.25, 0.3) is 0 Å². The summed E-state index contributed by atoms with van der Waals surface area (Å²) in [6.45, 7) is 2.17. The van der Waals surface area contributed by atoms with Crippen LogP contribution in [0.2, 0.25) is 0 Å². The normalized spacial score (nSPS) is 19.9. The molecule has 0 heterocycles. The van der Waals surface area contributed by atoms with E-state index < -0.39 is 0 Å². The van der Waals surface area contributed by atoms with E-state index in [1.165, 1.54) is 37.7 Å². The molecule has 0 aromatic heterocycles. The number of rotatable bonds is 2. The van der Waals surface area contributed by atoms with Crippen LogP contribution in [0.25, 0.3) is 0 Å². The molecule has 11 heavy (non-hydrogen) atoms. The summed E-state index contributed by atoms with van der Waals surface area (Å²) in [6, 6.07) is 0. The summed E-state index contributed by atoms with van der Waals surface area (Å²) < 4.78 is 0. The largest absolute Gasteiger partial charge is 0.0845 e. The second-order valence-corrected chi connectivity index (χ2v) is 3.07. The van der Waals surface area contributed by atoms with Crippen molar-refractivity contribution in [3.63, 3.8) is 0 Å². The Morgan fingerprint density at radius 1 is 1.36 bits per heavy atom. The fourth-order valence-electron chi connectivity index (χ4n) is 1.36. The van der Waals surface area contributed by atoms with Crippen LogP contribution >= 0.6 is 0 Å². The smallest absolute Gasteiger partial charge is 0.0273 e. The molecule has 61 valence electrons. The predicted octanol–water partition coefficient (Wildman–Crippen LogP) is 3.65. The Balaban J connectivity index is 2.40. The SMILES string of the molecule is CCC=CC1=[C]CCCCC1. The third-order valence-corrected chi connectivity index (χ3v) is 2.03. The van der Waals surface area contributed by atoms with Crippen molar-refractivity contribution < 1.29 is 0 Å².